The zero-order valence-corrected chi connectivity index (χ0v) is 17.8. The lowest BCUT2D eigenvalue weighted by molar-refractivity contribution is -0.113. The van der Waals surface area contributed by atoms with Gasteiger partial charge in [0.15, 0.2) is 16.7 Å². The summed E-state index contributed by atoms with van der Waals surface area (Å²) in [4.78, 5) is 29.8. The van der Waals surface area contributed by atoms with Crippen molar-refractivity contribution in [2.24, 2.45) is 0 Å². The van der Waals surface area contributed by atoms with E-state index in [9.17, 15) is 9.59 Å². The minimum atomic E-state index is -0.314. The summed E-state index contributed by atoms with van der Waals surface area (Å²) < 4.78 is 12.0. The number of allylic oxidation sites excluding steroid dienone is 1. The molecule has 2 heterocycles. The number of aromatic nitrogens is 2. The van der Waals surface area contributed by atoms with Crippen molar-refractivity contribution in [3.8, 4) is 11.5 Å². The number of hydrogen-bond acceptors (Lipinski definition) is 6. The number of amides is 1. The van der Waals surface area contributed by atoms with Gasteiger partial charge in [-0.3, -0.25) is 14.2 Å². The number of thioether (sulfide) groups is 1. The van der Waals surface area contributed by atoms with Crippen LogP contribution in [0.25, 0.3) is 10.9 Å². The molecule has 1 amide bonds. The van der Waals surface area contributed by atoms with E-state index < -0.39 is 0 Å². The number of nitrogens with zero attached hydrogens (tertiary/aromatic N) is 2. The Morgan fingerprint density at radius 3 is 2.80 bits per heavy atom. The molecule has 0 saturated heterocycles. The Kier molecular flexibility index (Phi) is 5.90. The largest absolute Gasteiger partial charge is 0.454 e. The molecule has 154 valence electrons. The number of nitrogens with one attached hydrogen (secondary N) is 1. The molecule has 0 radical (unpaired) electrons. The second-order valence-electron chi connectivity index (χ2n) is 6.28. The molecule has 0 spiro atoms. The van der Waals surface area contributed by atoms with E-state index in [1.807, 2.05) is 0 Å². The highest BCUT2D eigenvalue weighted by molar-refractivity contribution is 7.99. The summed E-state index contributed by atoms with van der Waals surface area (Å²) in [6, 6.07) is 8.09. The van der Waals surface area contributed by atoms with Crippen LogP contribution in [0.3, 0.4) is 0 Å². The molecule has 4 rings (SSSR count). The summed E-state index contributed by atoms with van der Waals surface area (Å²) >= 11 is 13.4. The second kappa shape index (κ2) is 8.59. The van der Waals surface area contributed by atoms with Crippen molar-refractivity contribution in [2.45, 2.75) is 11.7 Å². The summed E-state index contributed by atoms with van der Waals surface area (Å²) in [5.41, 5.74) is 0.654. The zero-order chi connectivity index (χ0) is 21.3. The standard InChI is InChI=1S/C20H15Cl2N3O4S/c1-2-5-25-19(27)12-4-3-11(21)6-14(12)24-20(25)30-9-18(26)23-15-8-17-16(7-13(15)22)28-10-29-17/h2-4,6-8H,1,5,9-10H2,(H,23,26). The van der Waals surface area contributed by atoms with Crippen molar-refractivity contribution in [1.82, 2.24) is 9.55 Å². The number of carbonyl (C=O) groups excluding carboxylic acids is 1. The average Bonchev–Trinajstić information content (AvgIpc) is 3.16. The van der Waals surface area contributed by atoms with Gasteiger partial charge in [-0.05, 0) is 18.2 Å². The van der Waals surface area contributed by atoms with E-state index in [1.165, 1.54) is 4.57 Å². The van der Waals surface area contributed by atoms with Gasteiger partial charge >= 0.3 is 0 Å². The van der Waals surface area contributed by atoms with E-state index >= 15 is 0 Å². The first-order chi connectivity index (χ1) is 14.5. The SMILES string of the molecule is C=CCn1c(SCC(=O)Nc2cc3c(cc2Cl)OCO3)nc2cc(Cl)ccc2c1=O. The molecule has 2 aromatic carbocycles. The lowest BCUT2D eigenvalue weighted by atomic mass is 10.2. The van der Waals surface area contributed by atoms with Crippen molar-refractivity contribution in [1.29, 1.82) is 0 Å². The Bertz CT molecular complexity index is 1230. The van der Waals surface area contributed by atoms with E-state index in [1.54, 1.807) is 36.4 Å². The van der Waals surface area contributed by atoms with E-state index in [-0.39, 0.29) is 30.6 Å². The molecule has 0 fully saturated rings. The Labute approximate surface area is 185 Å². The maximum absolute atomic E-state index is 12.8. The van der Waals surface area contributed by atoms with Gasteiger partial charge in [-0.15, -0.1) is 6.58 Å². The van der Waals surface area contributed by atoms with Crippen LogP contribution in [0.15, 0.2) is 52.9 Å². The van der Waals surface area contributed by atoms with Crippen molar-refractivity contribution in [3.05, 3.63) is 63.4 Å². The van der Waals surface area contributed by atoms with Crippen LogP contribution >= 0.6 is 35.0 Å². The smallest absolute Gasteiger partial charge is 0.262 e. The minimum absolute atomic E-state index is 0.0143. The van der Waals surface area contributed by atoms with Gasteiger partial charge in [-0.2, -0.15) is 0 Å². The first-order valence-electron chi connectivity index (χ1n) is 8.79. The van der Waals surface area contributed by atoms with Gasteiger partial charge in [0.2, 0.25) is 12.7 Å². The molecule has 3 aromatic rings. The van der Waals surface area contributed by atoms with Crippen molar-refractivity contribution in [2.75, 3.05) is 17.9 Å². The molecule has 30 heavy (non-hydrogen) atoms. The van der Waals surface area contributed by atoms with Gasteiger partial charge in [0, 0.05) is 23.7 Å². The number of halogens is 2. The molecule has 0 saturated carbocycles. The number of benzene rings is 2. The molecule has 0 atom stereocenters. The van der Waals surface area contributed by atoms with Crippen molar-refractivity contribution in [3.63, 3.8) is 0 Å². The monoisotopic (exact) mass is 463 g/mol. The average molecular weight is 464 g/mol. The van der Waals surface area contributed by atoms with E-state index in [0.717, 1.165) is 11.8 Å². The first-order valence-corrected chi connectivity index (χ1v) is 10.5. The summed E-state index contributed by atoms with van der Waals surface area (Å²) in [6.07, 6.45) is 1.60. The van der Waals surface area contributed by atoms with E-state index in [4.69, 9.17) is 32.7 Å². The molecule has 0 unspecified atom stereocenters. The third kappa shape index (κ3) is 4.12. The predicted octanol–water partition coefficient (Wildman–Crippen LogP) is 4.35. The predicted molar refractivity (Wildman–Crippen MR) is 118 cm³/mol. The fourth-order valence-corrected chi connectivity index (χ4v) is 4.08. The van der Waals surface area contributed by atoms with Gasteiger partial charge in [0.25, 0.3) is 5.56 Å². The normalized spacial score (nSPS) is 12.2. The summed E-state index contributed by atoms with van der Waals surface area (Å²) in [7, 11) is 0. The van der Waals surface area contributed by atoms with Crippen LogP contribution in [0.2, 0.25) is 10.0 Å². The highest BCUT2D eigenvalue weighted by Gasteiger charge is 2.18. The van der Waals surface area contributed by atoms with Crippen molar-refractivity contribution < 1.29 is 14.3 Å². The van der Waals surface area contributed by atoms with Crippen LogP contribution in [-0.2, 0) is 11.3 Å². The Morgan fingerprint density at radius 1 is 1.27 bits per heavy atom. The number of fused-ring (bicyclic) bond motifs is 2. The molecule has 1 aliphatic rings. The van der Waals surface area contributed by atoms with Gasteiger partial charge in [0.1, 0.15) is 0 Å². The maximum atomic E-state index is 12.8. The Hall–Kier alpha value is -2.68. The first kappa shape index (κ1) is 20.6. The topological polar surface area (TPSA) is 82.5 Å². The molecule has 1 aromatic heterocycles. The summed E-state index contributed by atoms with van der Waals surface area (Å²) in [5, 5.41) is 4.38. The van der Waals surface area contributed by atoms with Crippen LogP contribution in [0.4, 0.5) is 5.69 Å². The number of anilines is 1. The lowest BCUT2D eigenvalue weighted by Crippen LogP contribution is -2.23. The molecule has 1 N–H and O–H groups in total. The van der Waals surface area contributed by atoms with Crippen LogP contribution in [0, 0.1) is 0 Å². The van der Waals surface area contributed by atoms with E-state index in [2.05, 4.69) is 16.9 Å². The van der Waals surface area contributed by atoms with Crippen LogP contribution in [0.1, 0.15) is 0 Å². The zero-order valence-electron chi connectivity index (χ0n) is 15.5. The van der Waals surface area contributed by atoms with Gasteiger partial charge < -0.3 is 14.8 Å². The van der Waals surface area contributed by atoms with Crippen molar-refractivity contribution >= 4 is 57.5 Å². The highest BCUT2D eigenvalue weighted by atomic mass is 35.5. The molecular formula is C20H15Cl2N3O4S. The number of carbonyl (C=O) groups is 1. The maximum Gasteiger partial charge on any atom is 0.262 e. The van der Waals surface area contributed by atoms with Gasteiger partial charge in [0.05, 0.1) is 27.4 Å². The second-order valence-corrected chi connectivity index (χ2v) is 8.07. The quantitative estimate of drug-likeness (QED) is 0.332. The summed E-state index contributed by atoms with van der Waals surface area (Å²) in [5.74, 6) is 0.738. The number of ether oxygens (including phenoxy) is 2. The fraction of sp³-hybridized carbons (Fsp3) is 0.150. The Morgan fingerprint density at radius 2 is 2.03 bits per heavy atom. The minimum Gasteiger partial charge on any atom is -0.454 e. The molecule has 10 heteroatoms. The molecule has 0 aliphatic carbocycles. The molecule has 7 nitrogen and oxygen atoms in total. The molecule has 1 aliphatic heterocycles. The van der Waals surface area contributed by atoms with Gasteiger partial charge in [-0.25, -0.2) is 4.98 Å². The number of rotatable bonds is 6. The highest BCUT2D eigenvalue weighted by Crippen LogP contribution is 2.39. The molecule has 0 bridgehead atoms. The van der Waals surface area contributed by atoms with Crippen LogP contribution < -0.4 is 20.3 Å². The van der Waals surface area contributed by atoms with Crippen LogP contribution in [0.5, 0.6) is 11.5 Å². The third-order valence-electron chi connectivity index (χ3n) is 4.26. The Balaban J connectivity index is 1.55. The van der Waals surface area contributed by atoms with E-state index in [0.29, 0.717) is 43.3 Å². The lowest BCUT2D eigenvalue weighted by Gasteiger charge is -2.12. The molecular weight excluding hydrogens is 449 g/mol. The third-order valence-corrected chi connectivity index (χ3v) is 5.79. The van der Waals surface area contributed by atoms with Gasteiger partial charge in [-0.1, -0.05) is 41.0 Å². The fourth-order valence-electron chi connectivity index (χ4n) is 2.90. The summed E-state index contributed by atoms with van der Waals surface area (Å²) in [6.45, 7) is 4.06. The number of hydrogen-bond donors (Lipinski definition) is 1. The van der Waals surface area contributed by atoms with Crippen LogP contribution in [-0.4, -0.2) is 28.0 Å².